The largest absolute Gasteiger partial charge is 0.483 e. The second-order valence-corrected chi connectivity index (χ2v) is 6.02. The van der Waals surface area contributed by atoms with Crippen molar-refractivity contribution in [3.8, 4) is 0 Å². The number of β-amino-alcohol motifs (C(OH)–C–C–N with tert-alkyl or cyclic N) is 1. The van der Waals surface area contributed by atoms with E-state index in [0.29, 0.717) is 52.4 Å². The SMILES string of the molecule is O=C(CN1C[C@@H](Cc2cnccn2)[C@H](O)C1)N1CCOCC1.O=CO. The van der Waals surface area contributed by atoms with Crippen LogP contribution in [-0.2, 0) is 20.7 Å². The van der Waals surface area contributed by atoms with Crippen LogP contribution < -0.4 is 0 Å². The predicted octanol–water partition coefficient (Wildman–Crippen LogP) is -1.13. The van der Waals surface area contributed by atoms with E-state index in [1.165, 1.54) is 0 Å². The van der Waals surface area contributed by atoms with E-state index in [0.717, 1.165) is 5.69 Å². The molecular formula is C16H24N4O5. The predicted molar refractivity (Wildman–Crippen MR) is 87.8 cm³/mol. The van der Waals surface area contributed by atoms with Crippen LogP contribution in [0, 0.1) is 5.92 Å². The van der Waals surface area contributed by atoms with Crippen LogP contribution in [0.5, 0.6) is 0 Å². The molecule has 9 nitrogen and oxygen atoms in total. The third-order valence-corrected chi connectivity index (χ3v) is 4.29. The number of likely N-dealkylation sites (tertiary alicyclic amines) is 1. The number of aliphatic hydroxyl groups is 1. The Balaban J connectivity index is 0.000000701. The quantitative estimate of drug-likeness (QED) is 0.654. The summed E-state index contributed by atoms with van der Waals surface area (Å²) in [6.45, 7) is 3.94. The van der Waals surface area contributed by atoms with Crippen molar-refractivity contribution < 1.29 is 24.5 Å². The molecule has 0 spiro atoms. The van der Waals surface area contributed by atoms with E-state index >= 15 is 0 Å². The fourth-order valence-electron chi connectivity index (χ4n) is 3.08. The fraction of sp³-hybridized carbons (Fsp3) is 0.625. The summed E-state index contributed by atoms with van der Waals surface area (Å²) in [5.41, 5.74) is 0.882. The molecule has 3 heterocycles. The van der Waals surface area contributed by atoms with Crippen LogP contribution in [0.15, 0.2) is 18.6 Å². The number of aliphatic hydroxyl groups excluding tert-OH is 1. The second-order valence-electron chi connectivity index (χ2n) is 6.02. The Morgan fingerprint density at radius 2 is 2.04 bits per heavy atom. The first kappa shape index (κ1) is 19.2. The van der Waals surface area contributed by atoms with Gasteiger partial charge in [-0.1, -0.05) is 0 Å². The van der Waals surface area contributed by atoms with Gasteiger partial charge in [0.2, 0.25) is 5.91 Å². The Bertz CT molecular complexity index is 539. The van der Waals surface area contributed by atoms with Gasteiger partial charge in [0.25, 0.3) is 6.47 Å². The summed E-state index contributed by atoms with van der Waals surface area (Å²) in [5.74, 6) is 0.227. The van der Waals surface area contributed by atoms with Crippen LogP contribution in [0.3, 0.4) is 0 Å². The number of carbonyl (C=O) groups excluding carboxylic acids is 1. The molecule has 2 fully saturated rings. The number of aromatic nitrogens is 2. The van der Waals surface area contributed by atoms with Gasteiger partial charge in [-0.05, 0) is 6.42 Å². The van der Waals surface area contributed by atoms with Crippen LogP contribution in [0.4, 0.5) is 0 Å². The molecular weight excluding hydrogens is 328 g/mol. The molecule has 25 heavy (non-hydrogen) atoms. The van der Waals surface area contributed by atoms with Gasteiger partial charge in [0.1, 0.15) is 0 Å². The summed E-state index contributed by atoms with van der Waals surface area (Å²) in [5, 5.41) is 17.1. The molecule has 3 rings (SSSR count). The van der Waals surface area contributed by atoms with Gasteiger partial charge in [-0.25, -0.2) is 0 Å². The monoisotopic (exact) mass is 352 g/mol. The summed E-state index contributed by atoms with van der Waals surface area (Å²) in [4.78, 5) is 32.8. The standard InChI is InChI=1S/C15H22N4O3.CH2O2/c20-14-10-18(11-15(21)19-3-5-22-6-4-19)9-12(14)7-13-8-16-1-2-17-13;2-1-3/h1-2,8,12,14,20H,3-7,9-11H2;1H,(H,2,3)/t12-,14-;/m1./s1. The number of carboxylic acid groups (broad SMARTS) is 1. The lowest BCUT2D eigenvalue weighted by Gasteiger charge is -2.28. The van der Waals surface area contributed by atoms with Gasteiger partial charge >= 0.3 is 0 Å². The average molecular weight is 352 g/mol. The van der Waals surface area contributed by atoms with Gasteiger partial charge < -0.3 is 19.8 Å². The van der Waals surface area contributed by atoms with Crippen molar-refractivity contribution in [1.29, 1.82) is 0 Å². The number of ether oxygens (including phenoxy) is 1. The van der Waals surface area contributed by atoms with Crippen LogP contribution >= 0.6 is 0 Å². The molecule has 2 N–H and O–H groups in total. The Morgan fingerprint density at radius 3 is 2.68 bits per heavy atom. The summed E-state index contributed by atoms with van der Waals surface area (Å²) in [6, 6.07) is 0. The van der Waals surface area contributed by atoms with Gasteiger partial charge in [0.05, 0.1) is 31.6 Å². The van der Waals surface area contributed by atoms with Crippen molar-refractivity contribution in [2.45, 2.75) is 12.5 Å². The topological polar surface area (TPSA) is 116 Å². The first-order valence-corrected chi connectivity index (χ1v) is 8.22. The lowest BCUT2D eigenvalue weighted by Crippen LogP contribution is -2.45. The zero-order valence-electron chi connectivity index (χ0n) is 14.0. The number of carbonyl (C=O) groups is 2. The Kier molecular flexibility index (Phi) is 7.71. The number of amides is 1. The maximum Gasteiger partial charge on any atom is 0.290 e. The molecule has 2 atom stereocenters. The zero-order valence-corrected chi connectivity index (χ0v) is 14.0. The zero-order chi connectivity index (χ0) is 18.1. The highest BCUT2D eigenvalue weighted by Gasteiger charge is 2.33. The molecule has 138 valence electrons. The Labute approximate surface area is 146 Å². The normalized spacial score (nSPS) is 23.6. The molecule has 9 heteroatoms. The van der Waals surface area contributed by atoms with Crippen LogP contribution in [0.2, 0.25) is 0 Å². The molecule has 2 aliphatic rings. The Morgan fingerprint density at radius 1 is 1.32 bits per heavy atom. The minimum absolute atomic E-state index is 0.106. The summed E-state index contributed by atoms with van der Waals surface area (Å²) in [6.07, 6.45) is 5.31. The van der Waals surface area contributed by atoms with E-state index in [1.807, 2.05) is 9.80 Å². The first-order valence-electron chi connectivity index (χ1n) is 8.22. The number of morpholine rings is 1. The summed E-state index contributed by atoms with van der Waals surface area (Å²) in [7, 11) is 0. The number of hydrogen-bond acceptors (Lipinski definition) is 7. The number of nitrogens with zero attached hydrogens (tertiary/aromatic N) is 4. The van der Waals surface area contributed by atoms with E-state index < -0.39 is 6.10 Å². The van der Waals surface area contributed by atoms with Gasteiger partial charge in [0, 0.05) is 50.7 Å². The molecule has 1 aromatic heterocycles. The van der Waals surface area contributed by atoms with Crippen LogP contribution in [0.1, 0.15) is 5.69 Å². The van der Waals surface area contributed by atoms with E-state index in [-0.39, 0.29) is 18.3 Å². The lowest BCUT2D eigenvalue weighted by molar-refractivity contribution is -0.136. The van der Waals surface area contributed by atoms with Crippen LogP contribution in [0.25, 0.3) is 0 Å². The maximum absolute atomic E-state index is 12.3. The van der Waals surface area contributed by atoms with Crippen molar-refractivity contribution >= 4 is 12.4 Å². The molecule has 1 amide bonds. The number of hydrogen-bond donors (Lipinski definition) is 2. The lowest BCUT2D eigenvalue weighted by atomic mass is 10.0. The molecule has 2 aliphatic heterocycles. The van der Waals surface area contributed by atoms with E-state index in [1.54, 1.807) is 18.6 Å². The molecule has 0 aliphatic carbocycles. The highest BCUT2D eigenvalue weighted by molar-refractivity contribution is 5.78. The maximum atomic E-state index is 12.3. The summed E-state index contributed by atoms with van der Waals surface area (Å²) < 4.78 is 5.26. The molecule has 0 bridgehead atoms. The van der Waals surface area contributed by atoms with E-state index in [4.69, 9.17) is 14.6 Å². The minimum Gasteiger partial charge on any atom is -0.483 e. The third-order valence-electron chi connectivity index (χ3n) is 4.29. The average Bonchev–Trinajstić information content (AvgIpc) is 2.96. The van der Waals surface area contributed by atoms with Gasteiger partial charge in [-0.2, -0.15) is 0 Å². The van der Waals surface area contributed by atoms with E-state index in [9.17, 15) is 9.90 Å². The van der Waals surface area contributed by atoms with Crippen molar-refractivity contribution in [1.82, 2.24) is 19.8 Å². The highest BCUT2D eigenvalue weighted by Crippen LogP contribution is 2.20. The molecule has 1 aromatic rings. The molecule has 0 saturated carbocycles. The highest BCUT2D eigenvalue weighted by atomic mass is 16.5. The smallest absolute Gasteiger partial charge is 0.290 e. The van der Waals surface area contributed by atoms with Gasteiger partial charge in [-0.3, -0.25) is 24.5 Å². The second kappa shape index (κ2) is 10.0. The van der Waals surface area contributed by atoms with Crippen molar-refractivity contribution in [2.24, 2.45) is 5.92 Å². The van der Waals surface area contributed by atoms with E-state index in [2.05, 4.69) is 9.97 Å². The van der Waals surface area contributed by atoms with Gasteiger partial charge in [0.15, 0.2) is 0 Å². The van der Waals surface area contributed by atoms with Gasteiger partial charge in [-0.15, -0.1) is 0 Å². The first-order chi connectivity index (χ1) is 12.1. The minimum atomic E-state index is -0.417. The Hall–Kier alpha value is -2.10. The van der Waals surface area contributed by atoms with Crippen molar-refractivity contribution in [2.75, 3.05) is 45.9 Å². The molecule has 0 radical (unpaired) electrons. The molecule has 2 saturated heterocycles. The third kappa shape index (κ3) is 6.04. The van der Waals surface area contributed by atoms with Crippen LogP contribution in [-0.4, -0.2) is 94.4 Å². The van der Waals surface area contributed by atoms with Crippen molar-refractivity contribution in [3.63, 3.8) is 0 Å². The molecule has 0 aromatic carbocycles. The van der Waals surface area contributed by atoms with Crippen molar-refractivity contribution in [3.05, 3.63) is 24.3 Å². The fourth-order valence-corrected chi connectivity index (χ4v) is 3.08. The number of rotatable bonds is 4. The summed E-state index contributed by atoms with van der Waals surface area (Å²) >= 11 is 0. The molecule has 0 unspecified atom stereocenters.